The Hall–Kier alpha value is -2.93. The van der Waals surface area contributed by atoms with Gasteiger partial charge in [-0.2, -0.15) is 23.3 Å². The van der Waals surface area contributed by atoms with Crippen molar-refractivity contribution >= 4 is 51.4 Å². The lowest BCUT2D eigenvalue weighted by Crippen LogP contribution is -2.33. The molecule has 0 saturated carbocycles. The molecule has 1 amide bonds. The molecule has 35 heavy (non-hydrogen) atoms. The summed E-state index contributed by atoms with van der Waals surface area (Å²) in [6.45, 7) is -0.182. The third kappa shape index (κ3) is 5.67. The van der Waals surface area contributed by atoms with Crippen LogP contribution < -0.4 is 0 Å². The minimum absolute atomic E-state index is 0.0818. The van der Waals surface area contributed by atoms with Crippen molar-refractivity contribution < 1.29 is 28.2 Å². The summed E-state index contributed by atoms with van der Waals surface area (Å²) in [5.41, 5.74) is 0.776. The van der Waals surface area contributed by atoms with Gasteiger partial charge in [-0.25, -0.2) is 0 Å². The van der Waals surface area contributed by atoms with Crippen LogP contribution in [-0.4, -0.2) is 67.3 Å². The fourth-order valence-corrected chi connectivity index (χ4v) is 4.48. The number of amides is 1. The lowest BCUT2D eigenvalue weighted by Gasteiger charge is -2.19. The quantitative estimate of drug-likeness (QED) is 0.475. The van der Waals surface area contributed by atoms with E-state index in [1.54, 1.807) is 41.0 Å². The zero-order chi connectivity index (χ0) is 25.3. The van der Waals surface area contributed by atoms with Gasteiger partial charge in [0.2, 0.25) is 0 Å². The molecule has 184 valence electrons. The Kier molecular flexibility index (Phi) is 7.17. The highest BCUT2D eigenvalue weighted by atomic mass is 35.5. The van der Waals surface area contributed by atoms with Gasteiger partial charge in [0.1, 0.15) is 0 Å². The van der Waals surface area contributed by atoms with Gasteiger partial charge in [-0.1, -0.05) is 17.7 Å². The van der Waals surface area contributed by atoms with Gasteiger partial charge < -0.3 is 15.1 Å². The molecule has 1 aliphatic heterocycles. The van der Waals surface area contributed by atoms with Crippen LogP contribution in [0.5, 0.6) is 0 Å². The van der Waals surface area contributed by atoms with Crippen LogP contribution in [0, 0.1) is 0 Å². The Morgan fingerprint density at radius 1 is 1.29 bits per heavy atom. The molecule has 2 aromatic heterocycles. The number of benzene rings is 1. The molecule has 1 atom stereocenters. The van der Waals surface area contributed by atoms with Crippen molar-refractivity contribution in [3.8, 4) is 0 Å². The topological polar surface area (TPSA) is 104 Å². The number of thioether (sulfide) groups is 1. The van der Waals surface area contributed by atoms with Crippen molar-refractivity contribution in [2.45, 2.75) is 18.8 Å². The van der Waals surface area contributed by atoms with Crippen molar-refractivity contribution in [2.75, 3.05) is 20.2 Å². The van der Waals surface area contributed by atoms with Gasteiger partial charge in [-0.15, -0.1) is 0 Å². The SMILES string of the molecule is CN(CC(O)CO)C1=NC(=O)/C(=C\c2ccc3c(cnn3Cc3ncc(C(F)(F)F)cc3Cl)c2)S1. The molecule has 0 aliphatic carbocycles. The fourth-order valence-electron chi connectivity index (χ4n) is 3.37. The number of hydrogen-bond acceptors (Lipinski definition) is 7. The molecule has 0 radical (unpaired) electrons. The number of amidine groups is 1. The second-order valence-electron chi connectivity index (χ2n) is 7.80. The Morgan fingerprint density at radius 3 is 2.74 bits per heavy atom. The molecule has 4 rings (SSSR count). The molecule has 3 aromatic rings. The predicted octanol–water partition coefficient (Wildman–Crippen LogP) is 3.41. The first kappa shape index (κ1) is 25.2. The second-order valence-corrected chi connectivity index (χ2v) is 9.21. The highest BCUT2D eigenvalue weighted by molar-refractivity contribution is 8.18. The van der Waals surface area contributed by atoms with E-state index in [9.17, 15) is 23.1 Å². The molecule has 0 spiro atoms. The number of fused-ring (bicyclic) bond motifs is 1. The molecule has 3 heterocycles. The third-order valence-electron chi connectivity index (χ3n) is 5.14. The summed E-state index contributed by atoms with van der Waals surface area (Å²) < 4.78 is 40.1. The Labute approximate surface area is 206 Å². The van der Waals surface area contributed by atoms with Crippen molar-refractivity contribution in [3.63, 3.8) is 0 Å². The molecule has 1 aromatic carbocycles. The van der Waals surface area contributed by atoms with E-state index in [0.717, 1.165) is 35.0 Å². The molecule has 1 aliphatic rings. The number of alkyl halides is 3. The molecular formula is C22H19ClF3N5O3S. The van der Waals surface area contributed by atoms with Crippen molar-refractivity contribution in [2.24, 2.45) is 4.99 Å². The number of nitrogens with zero attached hydrogens (tertiary/aromatic N) is 5. The van der Waals surface area contributed by atoms with E-state index in [1.807, 2.05) is 6.07 Å². The lowest BCUT2D eigenvalue weighted by atomic mass is 10.1. The number of halogens is 4. The van der Waals surface area contributed by atoms with Crippen LogP contribution in [-0.2, 0) is 17.5 Å². The first-order valence-electron chi connectivity index (χ1n) is 10.2. The van der Waals surface area contributed by atoms with Crippen molar-refractivity contribution in [1.29, 1.82) is 0 Å². The Morgan fingerprint density at radius 2 is 2.06 bits per heavy atom. The van der Waals surface area contributed by atoms with Gasteiger partial charge >= 0.3 is 6.18 Å². The van der Waals surface area contributed by atoms with E-state index >= 15 is 0 Å². The summed E-state index contributed by atoms with van der Waals surface area (Å²) in [6.07, 6.45) is -1.45. The molecule has 1 unspecified atom stereocenters. The minimum atomic E-state index is -4.53. The van der Waals surface area contributed by atoms with Crippen LogP contribution in [0.25, 0.3) is 17.0 Å². The molecule has 0 fully saturated rings. The summed E-state index contributed by atoms with van der Waals surface area (Å²) in [4.78, 5) is 22.2. The number of aromatic nitrogens is 3. The van der Waals surface area contributed by atoms with E-state index in [1.165, 1.54) is 0 Å². The summed E-state index contributed by atoms with van der Waals surface area (Å²) in [7, 11) is 1.67. The van der Waals surface area contributed by atoms with Crippen LogP contribution in [0.1, 0.15) is 16.8 Å². The van der Waals surface area contributed by atoms with E-state index in [2.05, 4.69) is 15.1 Å². The predicted molar refractivity (Wildman–Crippen MR) is 127 cm³/mol. The zero-order valence-corrected chi connectivity index (χ0v) is 19.8. The number of likely N-dealkylation sites (N-methyl/N-ethyl adjacent to an activating group) is 1. The number of rotatable bonds is 6. The number of hydrogen-bond donors (Lipinski definition) is 2. The van der Waals surface area contributed by atoms with Crippen LogP contribution in [0.15, 0.2) is 46.6 Å². The zero-order valence-electron chi connectivity index (χ0n) is 18.2. The highest BCUT2D eigenvalue weighted by Crippen LogP contribution is 2.32. The number of pyridine rings is 1. The van der Waals surface area contributed by atoms with Crippen LogP contribution in [0.3, 0.4) is 0 Å². The minimum Gasteiger partial charge on any atom is -0.394 e. The first-order valence-corrected chi connectivity index (χ1v) is 11.4. The number of carbonyl (C=O) groups excluding carboxylic acids is 1. The summed E-state index contributed by atoms with van der Waals surface area (Å²) in [5, 5.41) is 23.9. The molecule has 13 heteroatoms. The largest absolute Gasteiger partial charge is 0.417 e. The highest BCUT2D eigenvalue weighted by Gasteiger charge is 2.31. The first-order chi connectivity index (χ1) is 16.5. The summed E-state index contributed by atoms with van der Waals surface area (Å²) in [5.74, 6) is -0.408. The van der Waals surface area contributed by atoms with Gasteiger partial charge in [0, 0.05) is 25.2 Å². The fraction of sp³-hybridized carbons (Fsp3) is 0.273. The number of aliphatic hydroxyl groups excluding tert-OH is 2. The van der Waals surface area contributed by atoms with Gasteiger partial charge in [-0.05, 0) is 41.6 Å². The van der Waals surface area contributed by atoms with Crippen LogP contribution >= 0.6 is 23.4 Å². The van der Waals surface area contributed by atoms with Crippen molar-refractivity contribution in [1.82, 2.24) is 19.7 Å². The third-order valence-corrected chi connectivity index (χ3v) is 6.56. The van der Waals surface area contributed by atoms with Crippen LogP contribution in [0.4, 0.5) is 13.2 Å². The average Bonchev–Trinajstić information content (AvgIpc) is 3.37. The molecule has 0 bridgehead atoms. The van der Waals surface area contributed by atoms with Gasteiger partial charge in [0.15, 0.2) is 5.17 Å². The maximum absolute atomic E-state index is 12.8. The molecule has 2 N–H and O–H groups in total. The summed E-state index contributed by atoms with van der Waals surface area (Å²) in [6, 6.07) is 6.22. The Balaban J connectivity index is 1.51. The van der Waals surface area contributed by atoms with E-state index in [-0.39, 0.29) is 23.8 Å². The maximum atomic E-state index is 12.8. The second kappa shape index (κ2) is 9.97. The normalized spacial score (nSPS) is 16.3. The number of carbonyl (C=O) groups is 1. The van der Waals surface area contributed by atoms with E-state index in [0.29, 0.717) is 15.6 Å². The molecular weight excluding hydrogens is 507 g/mol. The number of aliphatic hydroxyl groups is 2. The van der Waals surface area contributed by atoms with E-state index < -0.39 is 30.4 Å². The van der Waals surface area contributed by atoms with E-state index in [4.69, 9.17) is 16.7 Å². The monoisotopic (exact) mass is 525 g/mol. The number of aliphatic imine (C=N–C) groups is 1. The average molecular weight is 526 g/mol. The molecule has 8 nitrogen and oxygen atoms in total. The smallest absolute Gasteiger partial charge is 0.394 e. The lowest BCUT2D eigenvalue weighted by molar-refractivity contribution is -0.137. The van der Waals surface area contributed by atoms with Crippen molar-refractivity contribution in [3.05, 3.63) is 63.4 Å². The van der Waals surface area contributed by atoms with Gasteiger partial charge in [0.25, 0.3) is 5.91 Å². The maximum Gasteiger partial charge on any atom is 0.417 e. The Bertz CT molecular complexity index is 1340. The van der Waals surface area contributed by atoms with Gasteiger partial charge in [0.05, 0.1) is 52.2 Å². The van der Waals surface area contributed by atoms with Crippen LogP contribution in [0.2, 0.25) is 5.02 Å². The molecule has 0 saturated heterocycles. The standard InChI is InChI=1S/C22H19ClF3N5O3S/c1-30(9-15(33)11-32)21-29-20(34)19(35-21)5-12-2-3-18-13(4-12)7-28-31(18)10-17-16(23)6-14(8-27-17)22(24,25)26/h2-8,15,32-33H,9-11H2,1H3/b19-5+. The summed E-state index contributed by atoms with van der Waals surface area (Å²) >= 11 is 7.18. The van der Waals surface area contributed by atoms with Gasteiger partial charge in [-0.3, -0.25) is 14.5 Å².